The van der Waals surface area contributed by atoms with Gasteiger partial charge in [-0.25, -0.2) is 0 Å². The molecule has 0 aromatic carbocycles. The Morgan fingerprint density at radius 1 is 1.67 bits per heavy atom. The number of ether oxygens (including phenoxy) is 1. The van der Waals surface area contributed by atoms with E-state index in [0.717, 1.165) is 0 Å². The van der Waals surface area contributed by atoms with Gasteiger partial charge in [0.05, 0.1) is 19.1 Å². The third-order valence-corrected chi connectivity index (χ3v) is 2.94. The lowest BCUT2D eigenvalue weighted by Gasteiger charge is -2.38. The molecule has 0 saturated carbocycles. The van der Waals surface area contributed by atoms with Crippen LogP contribution in [0.15, 0.2) is 0 Å². The standard InChI is InChI=1S/C10H16N2O3/c1-10(5-15-6-10)4-12-9(14)7-2-8(13)11-3-7/h7H,2-6H2,1H3,(H,11,13)(H,12,14). The second kappa shape index (κ2) is 3.81. The van der Waals surface area contributed by atoms with Gasteiger partial charge in [0.2, 0.25) is 11.8 Å². The SMILES string of the molecule is CC1(CNC(=O)C2CNC(=O)C2)COC1. The summed E-state index contributed by atoms with van der Waals surface area (Å²) in [7, 11) is 0. The molecule has 0 bridgehead atoms. The second-order valence-electron chi connectivity index (χ2n) is 4.73. The third kappa shape index (κ3) is 2.28. The Kier molecular flexibility index (Phi) is 2.65. The van der Waals surface area contributed by atoms with E-state index in [9.17, 15) is 9.59 Å². The number of amides is 2. The van der Waals surface area contributed by atoms with Gasteiger partial charge < -0.3 is 15.4 Å². The van der Waals surface area contributed by atoms with Crippen molar-refractivity contribution in [2.45, 2.75) is 13.3 Å². The van der Waals surface area contributed by atoms with E-state index in [4.69, 9.17) is 4.74 Å². The highest BCUT2D eigenvalue weighted by Gasteiger charge is 2.35. The molecule has 2 heterocycles. The molecule has 1 atom stereocenters. The van der Waals surface area contributed by atoms with Gasteiger partial charge in [0.25, 0.3) is 0 Å². The van der Waals surface area contributed by atoms with Gasteiger partial charge in [0.15, 0.2) is 0 Å². The van der Waals surface area contributed by atoms with Crippen molar-refractivity contribution in [3.8, 4) is 0 Å². The predicted octanol–water partition coefficient (Wildman–Crippen LogP) is -0.725. The number of nitrogens with one attached hydrogen (secondary N) is 2. The first-order chi connectivity index (χ1) is 7.09. The smallest absolute Gasteiger partial charge is 0.225 e. The topological polar surface area (TPSA) is 67.4 Å². The fourth-order valence-electron chi connectivity index (χ4n) is 1.79. The summed E-state index contributed by atoms with van der Waals surface area (Å²) in [4.78, 5) is 22.5. The molecule has 0 radical (unpaired) electrons. The molecule has 2 amide bonds. The molecule has 2 fully saturated rings. The molecule has 0 aromatic heterocycles. The van der Waals surface area contributed by atoms with Crippen molar-refractivity contribution in [3.63, 3.8) is 0 Å². The zero-order valence-electron chi connectivity index (χ0n) is 8.84. The largest absolute Gasteiger partial charge is 0.380 e. The summed E-state index contributed by atoms with van der Waals surface area (Å²) in [5, 5.41) is 5.53. The van der Waals surface area contributed by atoms with Crippen LogP contribution in [0.3, 0.4) is 0 Å². The van der Waals surface area contributed by atoms with Crippen molar-refractivity contribution in [3.05, 3.63) is 0 Å². The Morgan fingerprint density at radius 3 is 2.87 bits per heavy atom. The van der Waals surface area contributed by atoms with E-state index in [1.165, 1.54) is 0 Å². The van der Waals surface area contributed by atoms with Crippen LogP contribution in [0.1, 0.15) is 13.3 Å². The van der Waals surface area contributed by atoms with Gasteiger partial charge in [0.1, 0.15) is 0 Å². The molecule has 2 aliphatic heterocycles. The third-order valence-electron chi connectivity index (χ3n) is 2.94. The summed E-state index contributed by atoms with van der Waals surface area (Å²) >= 11 is 0. The van der Waals surface area contributed by atoms with E-state index in [0.29, 0.717) is 32.7 Å². The molecule has 2 rings (SSSR count). The lowest BCUT2D eigenvalue weighted by molar-refractivity contribution is -0.130. The summed E-state index contributed by atoms with van der Waals surface area (Å²) in [5.41, 5.74) is 0.0890. The van der Waals surface area contributed by atoms with Gasteiger partial charge in [0, 0.05) is 24.9 Å². The lowest BCUT2D eigenvalue weighted by atomic mass is 9.88. The molecule has 2 N–H and O–H groups in total. The van der Waals surface area contributed by atoms with E-state index in [1.807, 2.05) is 0 Å². The van der Waals surface area contributed by atoms with E-state index >= 15 is 0 Å². The molecule has 2 saturated heterocycles. The maximum Gasteiger partial charge on any atom is 0.225 e. The molecular weight excluding hydrogens is 196 g/mol. The van der Waals surface area contributed by atoms with Gasteiger partial charge in [-0.15, -0.1) is 0 Å². The molecular formula is C10H16N2O3. The highest BCUT2D eigenvalue weighted by Crippen LogP contribution is 2.25. The van der Waals surface area contributed by atoms with Gasteiger partial charge in [-0.1, -0.05) is 6.92 Å². The van der Waals surface area contributed by atoms with Crippen LogP contribution in [0.2, 0.25) is 0 Å². The molecule has 2 aliphatic rings. The van der Waals surface area contributed by atoms with Crippen LogP contribution in [0, 0.1) is 11.3 Å². The predicted molar refractivity (Wildman–Crippen MR) is 53.1 cm³/mol. The Morgan fingerprint density at radius 2 is 2.40 bits per heavy atom. The Labute approximate surface area is 88.5 Å². The van der Waals surface area contributed by atoms with Crippen LogP contribution in [-0.2, 0) is 14.3 Å². The Balaban J connectivity index is 1.75. The van der Waals surface area contributed by atoms with E-state index in [2.05, 4.69) is 17.6 Å². The molecule has 84 valence electrons. The van der Waals surface area contributed by atoms with E-state index < -0.39 is 0 Å². The summed E-state index contributed by atoms with van der Waals surface area (Å²) in [6.45, 7) is 4.59. The van der Waals surface area contributed by atoms with Crippen molar-refractivity contribution in [2.75, 3.05) is 26.3 Å². The van der Waals surface area contributed by atoms with Crippen molar-refractivity contribution in [1.82, 2.24) is 10.6 Å². The van der Waals surface area contributed by atoms with Crippen LogP contribution < -0.4 is 10.6 Å². The lowest BCUT2D eigenvalue weighted by Crippen LogP contribution is -2.49. The van der Waals surface area contributed by atoms with Crippen LogP contribution in [0.4, 0.5) is 0 Å². The summed E-state index contributed by atoms with van der Waals surface area (Å²) < 4.78 is 5.09. The fourth-order valence-corrected chi connectivity index (χ4v) is 1.79. The summed E-state index contributed by atoms with van der Waals surface area (Å²) in [6.07, 6.45) is 0.318. The van der Waals surface area contributed by atoms with Gasteiger partial charge in [-0.2, -0.15) is 0 Å². The maximum absolute atomic E-state index is 11.6. The van der Waals surface area contributed by atoms with Gasteiger partial charge in [-0.3, -0.25) is 9.59 Å². The minimum atomic E-state index is -0.193. The molecule has 0 spiro atoms. The zero-order chi connectivity index (χ0) is 10.9. The van der Waals surface area contributed by atoms with Crippen LogP contribution in [0.25, 0.3) is 0 Å². The monoisotopic (exact) mass is 212 g/mol. The normalized spacial score (nSPS) is 28.1. The van der Waals surface area contributed by atoms with Crippen LogP contribution >= 0.6 is 0 Å². The van der Waals surface area contributed by atoms with Crippen molar-refractivity contribution < 1.29 is 14.3 Å². The van der Waals surface area contributed by atoms with Crippen molar-refractivity contribution in [2.24, 2.45) is 11.3 Å². The first kappa shape index (κ1) is 10.4. The molecule has 5 nitrogen and oxygen atoms in total. The Hall–Kier alpha value is -1.10. The number of carbonyl (C=O) groups excluding carboxylic acids is 2. The summed E-state index contributed by atoms with van der Waals surface area (Å²) in [5.74, 6) is -0.253. The number of hydrogen-bond donors (Lipinski definition) is 2. The molecule has 0 aliphatic carbocycles. The minimum Gasteiger partial charge on any atom is -0.380 e. The van der Waals surface area contributed by atoms with E-state index in [-0.39, 0.29) is 23.1 Å². The second-order valence-corrected chi connectivity index (χ2v) is 4.73. The maximum atomic E-state index is 11.6. The molecule has 1 unspecified atom stereocenters. The Bertz CT molecular complexity index is 286. The molecule has 5 heteroatoms. The van der Waals surface area contributed by atoms with Gasteiger partial charge >= 0.3 is 0 Å². The van der Waals surface area contributed by atoms with Crippen LogP contribution in [0.5, 0.6) is 0 Å². The van der Waals surface area contributed by atoms with E-state index in [1.54, 1.807) is 0 Å². The average molecular weight is 212 g/mol. The highest BCUT2D eigenvalue weighted by molar-refractivity contribution is 5.89. The quantitative estimate of drug-likeness (QED) is 0.648. The fraction of sp³-hybridized carbons (Fsp3) is 0.800. The minimum absolute atomic E-state index is 0.0264. The first-order valence-electron chi connectivity index (χ1n) is 5.21. The van der Waals surface area contributed by atoms with Crippen LogP contribution in [-0.4, -0.2) is 38.1 Å². The number of hydrogen-bond acceptors (Lipinski definition) is 3. The summed E-state index contributed by atoms with van der Waals surface area (Å²) in [6, 6.07) is 0. The highest BCUT2D eigenvalue weighted by atomic mass is 16.5. The molecule has 15 heavy (non-hydrogen) atoms. The molecule has 0 aromatic rings. The van der Waals surface area contributed by atoms with Gasteiger partial charge in [-0.05, 0) is 0 Å². The van der Waals surface area contributed by atoms with Crippen molar-refractivity contribution >= 4 is 11.8 Å². The zero-order valence-corrected chi connectivity index (χ0v) is 8.84. The number of rotatable bonds is 3. The van der Waals surface area contributed by atoms with Crippen molar-refractivity contribution in [1.29, 1.82) is 0 Å². The average Bonchev–Trinajstić information content (AvgIpc) is 2.58. The first-order valence-corrected chi connectivity index (χ1v) is 5.21. The number of carbonyl (C=O) groups is 2.